The van der Waals surface area contributed by atoms with E-state index in [0.717, 1.165) is 0 Å². The largest absolute Gasteiger partial charge is 0.376 e. The van der Waals surface area contributed by atoms with Gasteiger partial charge in [0.05, 0.1) is 61.4 Å². The summed E-state index contributed by atoms with van der Waals surface area (Å²) < 4.78 is 101. The number of urea groups is 1. The van der Waals surface area contributed by atoms with Crippen molar-refractivity contribution in [2.45, 2.75) is 75.5 Å². The second-order valence-electron chi connectivity index (χ2n) is 10.8. The summed E-state index contributed by atoms with van der Waals surface area (Å²) in [6.07, 6.45) is 3.21. The van der Waals surface area contributed by atoms with Crippen molar-refractivity contribution in [2.75, 3.05) is 19.6 Å². The van der Waals surface area contributed by atoms with Crippen LogP contribution in [0.1, 0.15) is 83.5 Å². The highest BCUT2D eigenvalue weighted by atomic mass is 19.3. The smallest absolute Gasteiger partial charge is 0.318 e. The number of amides is 3. The number of aromatic nitrogens is 5. The van der Waals surface area contributed by atoms with Crippen LogP contribution < -0.4 is 10.6 Å². The summed E-state index contributed by atoms with van der Waals surface area (Å²) in [5.41, 5.74) is 0.545. The highest BCUT2D eigenvalue weighted by Gasteiger charge is 2.43. The van der Waals surface area contributed by atoms with Crippen molar-refractivity contribution in [3.63, 3.8) is 0 Å². The van der Waals surface area contributed by atoms with E-state index in [9.17, 15) is 18.4 Å². The Morgan fingerprint density at radius 2 is 2.00 bits per heavy atom. The molecular formula is C26H30F4N8O4. The summed E-state index contributed by atoms with van der Waals surface area (Å²) >= 11 is 0. The van der Waals surface area contributed by atoms with Crippen molar-refractivity contribution in [1.29, 1.82) is 0 Å². The zero-order valence-corrected chi connectivity index (χ0v) is 22.3. The maximum atomic E-state index is 15.1. The Balaban J connectivity index is 1.36. The van der Waals surface area contributed by atoms with E-state index in [2.05, 4.69) is 30.3 Å². The number of alkyl halides is 4. The number of rotatable bonds is 9. The van der Waals surface area contributed by atoms with Crippen LogP contribution in [0.15, 0.2) is 23.1 Å². The zero-order chi connectivity index (χ0) is 33.2. The Kier molecular flexibility index (Phi) is 6.09. The quantitative estimate of drug-likeness (QED) is 0.356. The average Bonchev–Trinajstić information content (AvgIpc) is 3.54. The highest BCUT2D eigenvalue weighted by molar-refractivity contribution is 5.93. The van der Waals surface area contributed by atoms with Crippen molar-refractivity contribution in [1.82, 2.24) is 40.4 Å². The van der Waals surface area contributed by atoms with Crippen LogP contribution in [0.2, 0.25) is 0 Å². The Bertz CT molecular complexity index is 1640. The topological polar surface area (TPSA) is 140 Å². The third-order valence-corrected chi connectivity index (χ3v) is 7.58. The minimum absolute atomic E-state index is 0.0600. The Morgan fingerprint density at radius 1 is 1.24 bits per heavy atom. The molecule has 6 rings (SSSR count). The molecule has 16 heteroatoms. The second kappa shape index (κ2) is 10.8. The maximum absolute atomic E-state index is 15.1. The number of ether oxygens (including phenoxy) is 1. The number of halogens is 4. The lowest BCUT2D eigenvalue weighted by Gasteiger charge is -2.38. The van der Waals surface area contributed by atoms with E-state index >= 15 is 8.78 Å². The van der Waals surface area contributed by atoms with E-state index in [0.29, 0.717) is 12.8 Å². The van der Waals surface area contributed by atoms with Gasteiger partial charge in [0.2, 0.25) is 5.92 Å². The molecule has 3 aromatic heterocycles. The first kappa shape index (κ1) is 23.7. The molecular weight excluding hydrogens is 564 g/mol. The van der Waals surface area contributed by atoms with E-state index in [-0.39, 0.29) is 52.1 Å². The number of fused-ring (bicyclic) bond motifs is 1. The monoisotopic (exact) mass is 598 g/mol. The Morgan fingerprint density at radius 3 is 2.69 bits per heavy atom. The number of imidazole rings is 1. The molecule has 12 nitrogen and oxygen atoms in total. The van der Waals surface area contributed by atoms with Crippen LogP contribution in [0.25, 0.3) is 5.65 Å². The van der Waals surface area contributed by atoms with Gasteiger partial charge in [0.15, 0.2) is 11.3 Å². The molecule has 42 heavy (non-hydrogen) atoms. The van der Waals surface area contributed by atoms with Gasteiger partial charge in [0.25, 0.3) is 11.8 Å². The van der Waals surface area contributed by atoms with Crippen molar-refractivity contribution >= 4 is 17.6 Å². The third kappa shape index (κ3) is 6.03. The van der Waals surface area contributed by atoms with Crippen molar-refractivity contribution in [2.24, 2.45) is 5.92 Å². The molecule has 4 heterocycles. The number of carbonyl (C=O) groups is 2. The number of hydrogen-bond donors (Lipinski definition) is 2. The molecule has 2 unspecified atom stereocenters. The summed E-state index contributed by atoms with van der Waals surface area (Å²) in [5, 5.41) is 15.8. The molecule has 2 N–H and O–H groups in total. The molecule has 2 aliphatic carbocycles. The van der Waals surface area contributed by atoms with Gasteiger partial charge in [-0.2, -0.15) is 5.10 Å². The van der Waals surface area contributed by atoms with Crippen LogP contribution in [0.4, 0.5) is 22.4 Å². The Hall–Kier alpha value is -3.82. The summed E-state index contributed by atoms with van der Waals surface area (Å²) in [6, 6.07) is -2.39. The first-order valence-electron chi connectivity index (χ1n) is 15.4. The van der Waals surface area contributed by atoms with Crippen LogP contribution in [-0.2, 0) is 4.74 Å². The number of hydrogen-bond acceptors (Lipinski definition) is 8. The molecule has 3 fully saturated rings. The molecule has 3 amide bonds. The van der Waals surface area contributed by atoms with Crippen molar-refractivity contribution in [3.8, 4) is 0 Å². The van der Waals surface area contributed by atoms with Gasteiger partial charge in [-0.05, 0) is 49.7 Å². The fourth-order valence-electron chi connectivity index (χ4n) is 5.14. The van der Waals surface area contributed by atoms with E-state index in [1.165, 1.54) is 29.9 Å². The predicted octanol–water partition coefficient (Wildman–Crippen LogP) is 3.60. The number of nitrogens with zero attached hydrogens (tertiary/aromatic N) is 6. The van der Waals surface area contributed by atoms with Crippen molar-refractivity contribution < 1.29 is 42.0 Å². The van der Waals surface area contributed by atoms with Crippen LogP contribution in [0, 0.1) is 12.8 Å². The molecule has 0 radical (unpaired) electrons. The molecule has 226 valence electrons. The van der Waals surface area contributed by atoms with Crippen LogP contribution in [0.3, 0.4) is 0 Å². The minimum Gasteiger partial charge on any atom is -0.376 e. The van der Waals surface area contributed by atoms with Gasteiger partial charge in [0, 0.05) is 18.4 Å². The molecule has 0 aromatic carbocycles. The molecule has 3 aromatic rings. The molecule has 3 aliphatic rings. The molecule has 2 atom stereocenters. The molecule has 1 aliphatic heterocycles. The van der Waals surface area contributed by atoms with E-state index in [1.807, 2.05) is 0 Å². The van der Waals surface area contributed by atoms with Gasteiger partial charge >= 0.3 is 6.03 Å². The SMILES string of the molecule is [2H]C1([2H])NC(=O)N(C(COC2CC2)c2cnn3cc(C(NC(=O)c4nonc4C)C4CCC(F)(F)CC4)nc3c2)C([2H])([2H])C1(F)F. The highest BCUT2D eigenvalue weighted by Crippen LogP contribution is 2.41. The lowest BCUT2D eigenvalue weighted by atomic mass is 9.81. The van der Waals surface area contributed by atoms with Crippen LogP contribution in [-0.4, -0.2) is 79.3 Å². The first-order chi connectivity index (χ1) is 21.5. The summed E-state index contributed by atoms with van der Waals surface area (Å²) in [7, 11) is 0. The van der Waals surface area contributed by atoms with E-state index in [1.54, 1.807) is 5.32 Å². The number of aryl methyl sites for hydroxylation is 1. The zero-order valence-electron chi connectivity index (χ0n) is 26.3. The third-order valence-electron chi connectivity index (χ3n) is 7.58. The Labute approximate surface area is 242 Å². The molecule has 1 saturated heterocycles. The van der Waals surface area contributed by atoms with Gasteiger partial charge in [-0.3, -0.25) is 4.79 Å². The van der Waals surface area contributed by atoms with Crippen LogP contribution in [0.5, 0.6) is 0 Å². The number of nitrogens with one attached hydrogen (secondary N) is 2. The average molecular weight is 599 g/mol. The second-order valence-corrected chi connectivity index (χ2v) is 10.8. The minimum atomic E-state index is -4.66. The van der Waals surface area contributed by atoms with Crippen molar-refractivity contribution in [3.05, 3.63) is 41.1 Å². The number of carbonyl (C=O) groups excluding carboxylic acids is 2. The van der Waals surface area contributed by atoms with Gasteiger partial charge in [-0.25, -0.2) is 36.5 Å². The van der Waals surface area contributed by atoms with Crippen LogP contribution >= 0.6 is 0 Å². The standard InChI is InChI=1S/C26H30F4N8O4/c1-14-21(36-42-35-14)23(39)34-22(15-4-6-25(27,28)7-5-15)18-10-38-20(33-18)8-16(9-32-38)19(11-41-17-2-3-17)37-13-26(29,30)12-31-24(37)40/h8-10,15,17,19,22H,2-7,11-13H2,1H3,(H,31,40)(H,34,39)/i12D2,13D2. The summed E-state index contributed by atoms with van der Waals surface area (Å²) in [5.74, 6) is -8.62. The van der Waals surface area contributed by atoms with E-state index in [4.69, 9.17) is 10.2 Å². The lowest BCUT2D eigenvalue weighted by Crippen LogP contribution is -2.58. The molecule has 0 spiro atoms. The summed E-state index contributed by atoms with van der Waals surface area (Å²) in [6.45, 7) is -6.34. The lowest BCUT2D eigenvalue weighted by molar-refractivity contribution is -0.0542. The molecule has 0 bridgehead atoms. The van der Waals surface area contributed by atoms with Gasteiger partial charge < -0.3 is 20.3 Å². The van der Waals surface area contributed by atoms with Gasteiger partial charge in [-0.1, -0.05) is 5.16 Å². The fourth-order valence-corrected chi connectivity index (χ4v) is 5.14. The van der Waals surface area contributed by atoms with E-state index < -0.39 is 74.2 Å². The summed E-state index contributed by atoms with van der Waals surface area (Å²) in [4.78, 5) is 30.8. The molecule has 2 saturated carbocycles. The van der Waals surface area contributed by atoms with Gasteiger partial charge in [-0.15, -0.1) is 0 Å². The first-order valence-corrected chi connectivity index (χ1v) is 13.4. The maximum Gasteiger partial charge on any atom is 0.318 e. The normalized spacial score (nSPS) is 25.9. The van der Waals surface area contributed by atoms with Gasteiger partial charge in [0.1, 0.15) is 5.69 Å². The predicted molar refractivity (Wildman–Crippen MR) is 136 cm³/mol. The fraction of sp³-hybridized carbons (Fsp3) is 0.615.